The Morgan fingerprint density at radius 3 is 2.63 bits per heavy atom. The molecule has 1 aliphatic heterocycles. The van der Waals surface area contributed by atoms with E-state index in [0.29, 0.717) is 6.29 Å². The van der Waals surface area contributed by atoms with Crippen molar-refractivity contribution in [3.63, 3.8) is 0 Å². The van der Waals surface area contributed by atoms with E-state index in [2.05, 4.69) is 15.6 Å². The summed E-state index contributed by atoms with van der Waals surface area (Å²) in [4.78, 5) is 46.7. The normalized spacial score (nSPS) is 19.4. The van der Waals surface area contributed by atoms with E-state index in [9.17, 15) is 32.8 Å². The van der Waals surface area contributed by atoms with Gasteiger partial charge in [0.15, 0.2) is 11.9 Å². The maximum absolute atomic E-state index is 14.6. The molecule has 0 bridgehead atoms. The van der Waals surface area contributed by atoms with Crippen LogP contribution in [0.2, 0.25) is 5.02 Å². The second-order valence-corrected chi connectivity index (χ2v) is 10.1. The standard InChI is InChI=1S/C28H22ClF3N6O3/c29-22-7-2-1-6-21(22)28(16-39,36-19-12-27(31,32)13-19)38(20-5-3-4-18(30)11-20)25(40)23-15-35-26(41)37(23)24-10-17(14-33)8-9-34-24/h1-11,16,19,23,36H,12-13,15H2,(H,35,41)/t23-,28?/m0/s1. The molecule has 13 heteroatoms. The van der Waals surface area contributed by atoms with Crippen LogP contribution in [0.5, 0.6) is 0 Å². The minimum absolute atomic E-state index is 0.0161. The van der Waals surface area contributed by atoms with E-state index in [-0.39, 0.29) is 34.2 Å². The second kappa shape index (κ2) is 10.8. The predicted molar refractivity (Wildman–Crippen MR) is 143 cm³/mol. The molecule has 41 heavy (non-hydrogen) atoms. The number of benzene rings is 2. The number of alkyl halides is 2. The van der Waals surface area contributed by atoms with Gasteiger partial charge in [-0.2, -0.15) is 5.26 Å². The van der Waals surface area contributed by atoms with Gasteiger partial charge >= 0.3 is 6.03 Å². The zero-order valence-corrected chi connectivity index (χ0v) is 22.0. The number of aldehydes is 1. The Morgan fingerprint density at radius 2 is 1.98 bits per heavy atom. The van der Waals surface area contributed by atoms with E-state index in [1.807, 2.05) is 6.07 Å². The molecule has 3 amide bonds. The summed E-state index contributed by atoms with van der Waals surface area (Å²) >= 11 is 6.52. The Balaban J connectivity index is 1.68. The number of nitrogens with one attached hydrogen (secondary N) is 2. The molecule has 1 aromatic heterocycles. The zero-order valence-electron chi connectivity index (χ0n) is 21.2. The van der Waals surface area contributed by atoms with E-state index >= 15 is 0 Å². The predicted octanol–water partition coefficient (Wildman–Crippen LogP) is 4.12. The number of hydrogen-bond acceptors (Lipinski definition) is 6. The molecule has 210 valence electrons. The monoisotopic (exact) mass is 582 g/mol. The number of anilines is 2. The highest BCUT2D eigenvalue weighted by molar-refractivity contribution is 6.31. The van der Waals surface area contributed by atoms with Gasteiger partial charge in [-0.1, -0.05) is 35.9 Å². The number of nitriles is 1. The number of amides is 3. The van der Waals surface area contributed by atoms with Gasteiger partial charge in [0, 0.05) is 47.9 Å². The molecule has 1 saturated carbocycles. The molecule has 1 unspecified atom stereocenters. The van der Waals surface area contributed by atoms with Crippen molar-refractivity contribution in [1.29, 1.82) is 5.26 Å². The van der Waals surface area contributed by atoms with Crippen LogP contribution in [0.25, 0.3) is 0 Å². The van der Waals surface area contributed by atoms with Gasteiger partial charge in [-0.25, -0.2) is 22.9 Å². The zero-order chi connectivity index (χ0) is 29.4. The first-order valence-corrected chi connectivity index (χ1v) is 12.9. The third-order valence-electron chi connectivity index (χ3n) is 6.99. The SMILES string of the molecule is N#Cc1ccnc(N2C(=O)NC[C@H]2C(=O)N(c2cccc(F)c2)C(C=O)(NC2CC(F)(F)C2)c2ccccc2Cl)c1. The smallest absolute Gasteiger partial charge is 0.323 e. The van der Waals surface area contributed by atoms with Crippen molar-refractivity contribution >= 4 is 41.3 Å². The van der Waals surface area contributed by atoms with Crippen molar-refractivity contribution < 1.29 is 27.6 Å². The van der Waals surface area contributed by atoms with E-state index in [1.165, 1.54) is 42.6 Å². The van der Waals surface area contributed by atoms with Gasteiger partial charge in [0.05, 0.1) is 11.6 Å². The van der Waals surface area contributed by atoms with Crippen LogP contribution in [0.1, 0.15) is 24.0 Å². The van der Waals surface area contributed by atoms with Gasteiger partial charge in [-0.3, -0.25) is 24.7 Å². The first-order valence-electron chi connectivity index (χ1n) is 12.5. The van der Waals surface area contributed by atoms with Gasteiger partial charge in [-0.05, 0) is 36.4 Å². The molecule has 2 aliphatic rings. The summed E-state index contributed by atoms with van der Waals surface area (Å²) in [5.74, 6) is -4.60. The van der Waals surface area contributed by atoms with Gasteiger partial charge in [0.2, 0.25) is 0 Å². The maximum atomic E-state index is 14.6. The lowest BCUT2D eigenvalue weighted by Gasteiger charge is -2.47. The largest absolute Gasteiger partial charge is 0.335 e. The highest BCUT2D eigenvalue weighted by Gasteiger charge is 2.54. The highest BCUT2D eigenvalue weighted by Crippen LogP contribution is 2.42. The highest BCUT2D eigenvalue weighted by atomic mass is 35.5. The maximum Gasteiger partial charge on any atom is 0.323 e. The number of carbonyl (C=O) groups excluding carboxylic acids is 3. The molecule has 1 aliphatic carbocycles. The van der Waals surface area contributed by atoms with Gasteiger partial charge < -0.3 is 5.32 Å². The molecule has 9 nitrogen and oxygen atoms in total. The second-order valence-electron chi connectivity index (χ2n) is 9.71. The Bertz CT molecular complexity index is 1560. The Labute approximate surface area is 237 Å². The number of halogens is 4. The molecule has 2 atom stereocenters. The van der Waals surface area contributed by atoms with Crippen molar-refractivity contribution in [2.45, 2.75) is 36.5 Å². The minimum atomic E-state index is -2.98. The number of urea groups is 1. The molecule has 2 heterocycles. The van der Waals surface area contributed by atoms with Crippen molar-refractivity contribution in [3.05, 3.63) is 88.8 Å². The summed E-state index contributed by atoms with van der Waals surface area (Å²) in [5.41, 5.74) is -2.06. The molecule has 0 radical (unpaired) electrons. The molecule has 0 spiro atoms. The van der Waals surface area contributed by atoms with Crippen LogP contribution in [0, 0.1) is 17.1 Å². The number of pyridine rings is 1. The fraction of sp³-hybridized carbons (Fsp3) is 0.250. The van der Waals surface area contributed by atoms with Crippen LogP contribution < -0.4 is 20.4 Å². The van der Waals surface area contributed by atoms with Crippen LogP contribution in [0.15, 0.2) is 66.9 Å². The van der Waals surface area contributed by atoms with Crippen molar-refractivity contribution in [3.8, 4) is 6.07 Å². The van der Waals surface area contributed by atoms with Gasteiger partial charge in [-0.15, -0.1) is 0 Å². The fourth-order valence-corrected chi connectivity index (χ4v) is 5.39. The third-order valence-corrected chi connectivity index (χ3v) is 7.32. The van der Waals surface area contributed by atoms with E-state index in [4.69, 9.17) is 11.6 Å². The molecule has 2 N–H and O–H groups in total. The average molecular weight is 583 g/mol. The summed E-state index contributed by atoms with van der Waals surface area (Å²) in [7, 11) is 0. The number of rotatable bonds is 8. The van der Waals surface area contributed by atoms with Crippen LogP contribution in [0.4, 0.5) is 29.5 Å². The van der Waals surface area contributed by atoms with Crippen LogP contribution in [-0.4, -0.2) is 47.8 Å². The van der Waals surface area contributed by atoms with Gasteiger partial charge in [0.1, 0.15) is 17.7 Å². The molecule has 5 rings (SSSR count). The molecule has 2 aromatic carbocycles. The van der Waals surface area contributed by atoms with E-state index in [0.717, 1.165) is 21.9 Å². The number of carbonyl (C=O) groups is 3. The van der Waals surface area contributed by atoms with E-state index in [1.54, 1.807) is 12.1 Å². The fourth-order valence-electron chi connectivity index (χ4n) is 5.11. The molecular formula is C28H22ClF3N6O3. The van der Waals surface area contributed by atoms with E-state index < -0.39 is 54.3 Å². The molecule has 3 aromatic rings. The molecular weight excluding hydrogens is 561 g/mol. The topological polar surface area (TPSA) is 118 Å². The van der Waals surface area contributed by atoms with Crippen LogP contribution in [-0.2, 0) is 15.3 Å². The first kappa shape index (κ1) is 28.1. The summed E-state index contributed by atoms with van der Waals surface area (Å²) < 4.78 is 42.4. The number of nitrogens with zero attached hydrogens (tertiary/aromatic N) is 4. The lowest BCUT2D eigenvalue weighted by molar-refractivity contribution is -0.128. The van der Waals surface area contributed by atoms with Crippen LogP contribution >= 0.6 is 11.6 Å². The van der Waals surface area contributed by atoms with Crippen molar-refractivity contribution in [2.75, 3.05) is 16.3 Å². The van der Waals surface area contributed by atoms with Crippen LogP contribution in [0.3, 0.4) is 0 Å². The number of aromatic nitrogens is 1. The van der Waals surface area contributed by atoms with Crippen molar-refractivity contribution in [2.24, 2.45) is 0 Å². The van der Waals surface area contributed by atoms with Gasteiger partial charge in [0.25, 0.3) is 11.8 Å². The quantitative estimate of drug-likeness (QED) is 0.305. The summed E-state index contributed by atoms with van der Waals surface area (Å²) in [6.45, 7) is -0.235. The lowest BCUT2D eigenvalue weighted by Crippen LogP contribution is -2.68. The Morgan fingerprint density at radius 1 is 1.22 bits per heavy atom. The van der Waals surface area contributed by atoms with Crippen molar-refractivity contribution in [1.82, 2.24) is 15.6 Å². The molecule has 2 fully saturated rings. The summed E-state index contributed by atoms with van der Waals surface area (Å²) in [5, 5.41) is 14.8. The number of hydrogen-bond donors (Lipinski definition) is 2. The third kappa shape index (κ3) is 5.21. The minimum Gasteiger partial charge on any atom is -0.335 e. The molecule has 1 saturated heterocycles. The lowest BCUT2D eigenvalue weighted by atomic mass is 9.85. The summed E-state index contributed by atoms with van der Waals surface area (Å²) in [6.07, 6.45) is 0.428. The first-order chi connectivity index (χ1) is 19.6. The Hall–Kier alpha value is -4.47. The summed E-state index contributed by atoms with van der Waals surface area (Å²) in [6, 6.07) is 12.6. The average Bonchev–Trinajstić information content (AvgIpc) is 3.33. The Kier molecular flexibility index (Phi) is 7.42.